The van der Waals surface area contributed by atoms with Crippen LogP contribution in [0.3, 0.4) is 0 Å². The van der Waals surface area contributed by atoms with Crippen LogP contribution < -0.4 is 0 Å². The van der Waals surface area contributed by atoms with E-state index in [0.29, 0.717) is 0 Å². The molecule has 0 aromatic carbocycles. The van der Waals surface area contributed by atoms with E-state index < -0.39 is 0 Å². The number of hydrogen-bond acceptors (Lipinski definition) is 0. The maximum absolute atomic E-state index is 2.52. The van der Waals surface area contributed by atoms with Crippen LogP contribution in [0, 0.1) is 0 Å². The molecule has 0 saturated heterocycles. The van der Waals surface area contributed by atoms with Crippen molar-refractivity contribution in [2.24, 2.45) is 0 Å². The minimum Gasteiger partial charge on any atom is 0 e. The van der Waals surface area contributed by atoms with Gasteiger partial charge in [-0.3, -0.25) is 0 Å². The predicted octanol–water partition coefficient (Wildman–Crippen LogP) is 0.0774. The Kier molecular flexibility index (Phi) is 118. The molecule has 51 valence electrons. The second-order valence-corrected chi connectivity index (χ2v) is 2.26. The van der Waals surface area contributed by atoms with Gasteiger partial charge in [-0.15, -0.1) is 0 Å². The first kappa shape index (κ1) is 24.8. The Bertz CT molecular complexity index is 13.5. The number of hydrogen-bond donors (Lipinski definition) is 0. The molecule has 0 aromatic rings. The van der Waals surface area contributed by atoms with Gasteiger partial charge >= 0.3 is 27.9 Å². The molecule has 0 spiro atoms. The molecule has 1 unspecified atom stereocenters. The Labute approximate surface area is 66.5 Å². The summed E-state index contributed by atoms with van der Waals surface area (Å²) in [6.45, 7) is 0. The smallest absolute Gasteiger partial charge is 0 e. The number of rotatable bonds is 0. The quantitative estimate of drug-likeness (QED) is 0.425. The molecular formula is CH7CoNi2OP. The van der Waals surface area contributed by atoms with Gasteiger partial charge in [-0.2, -0.15) is 0 Å². The van der Waals surface area contributed by atoms with Gasteiger partial charge in [-0.1, -0.05) is 0 Å². The van der Waals surface area contributed by atoms with Crippen LogP contribution in [-0.4, -0.2) is 5.48 Å². The largest absolute Gasteiger partial charge is 0 e. The van der Waals surface area contributed by atoms with E-state index in [2.05, 4.69) is 8.01 Å². The summed E-state index contributed by atoms with van der Waals surface area (Å²) >= 11 is 1.54. The summed E-state index contributed by atoms with van der Waals surface area (Å²) in [4.78, 5) is 0. The third-order valence-electron chi connectivity index (χ3n) is 0. The van der Waals surface area contributed by atoms with E-state index >= 15 is 0 Å². The molecule has 0 rings (SSSR count). The fourth-order valence-electron chi connectivity index (χ4n) is 0. The molecule has 0 aliphatic rings. The van der Waals surface area contributed by atoms with E-state index in [1.54, 1.807) is 14.0 Å². The maximum Gasteiger partial charge on any atom is 0 e. The zero-order valence-corrected chi connectivity index (χ0v) is 7.21. The molecule has 0 heterocycles. The van der Waals surface area contributed by atoms with Crippen molar-refractivity contribution < 1.29 is 52.8 Å². The summed E-state index contributed by atoms with van der Waals surface area (Å²) in [5.41, 5.74) is 0. The average molecular weight is 242 g/mol. The van der Waals surface area contributed by atoms with Crippen molar-refractivity contribution in [2.75, 3.05) is 0 Å². The first-order valence-electron chi connectivity index (χ1n) is 0.499. The molecule has 0 fully saturated rings. The van der Waals surface area contributed by atoms with Crippen molar-refractivity contribution in [1.82, 2.24) is 0 Å². The fraction of sp³-hybridized carbons (Fsp3) is 1.00. The van der Waals surface area contributed by atoms with Gasteiger partial charge in [0, 0.05) is 33.3 Å². The van der Waals surface area contributed by atoms with E-state index in [1.807, 2.05) is 5.89 Å². The van der Waals surface area contributed by atoms with Crippen molar-refractivity contribution in [3.8, 4) is 0 Å². The van der Waals surface area contributed by atoms with Crippen molar-refractivity contribution in [3.05, 3.63) is 0 Å². The van der Waals surface area contributed by atoms with E-state index in [9.17, 15) is 0 Å². The van der Waals surface area contributed by atoms with Crippen LogP contribution in [0.15, 0.2) is 0 Å². The summed E-state index contributed by atoms with van der Waals surface area (Å²) in [7, 11) is 2.52. The Morgan fingerprint density at radius 1 is 1.50 bits per heavy atom. The SMILES string of the molecule is O.[CH3][Ni][PH2].[Co].[Ni]. The summed E-state index contributed by atoms with van der Waals surface area (Å²) < 4.78 is 0. The summed E-state index contributed by atoms with van der Waals surface area (Å²) in [5, 5.41) is 0. The zero-order chi connectivity index (χ0) is 2.71. The van der Waals surface area contributed by atoms with Crippen molar-refractivity contribution >= 4 is 8.01 Å². The van der Waals surface area contributed by atoms with Crippen molar-refractivity contribution in [1.29, 1.82) is 0 Å². The molecule has 2 N–H and O–H groups in total. The van der Waals surface area contributed by atoms with Crippen LogP contribution in [-0.2, 0) is 47.3 Å². The fourth-order valence-corrected chi connectivity index (χ4v) is 0. The van der Waals surface area contributed by atoms with Gasteiger partial charge in [-0.25, -0.2) is 0 Å². The van der Waals surface area contributed by atoms with E-state index in [-0.39, 0.29) is 38.7 Å². The van der Waals surface area contributed by atoms with Crippen LogP contribution in [0.5, 0.6) is 0 Å². The summed E-state index contributed by atoms with van der Waals surface area (Å²) in [5.74, 6) is 2.03. The van der Waals surface area contributed by atoms with E-state index in [0.717, 1.165) is 0 Å². The van der Waals surface area contributed by atoms with Gasteiger partial charge < -0.3 is 5.48 Å². The second kappa shape index (κ2) is 28.7. The molecule has 0 aromatic heterocycles. The molecule has 6 heavy (non-hydrogen) atoms. The van der Waals surface area contributed by atoms with Crippen LogP contribution in [0.2, 0.25) is 5.89 Å². The molecule has 1 nitrogen and oxygen atoms in total. The normalized spacial score (nSPS) is 3.67. The molecule has 0 aliphatic heterocycles. The second-order valence-electron chi connectivity index (χ2n) is 0.183. The van der Waals surface area contributed by atoms with Gasteiger partial charge in [0.15, 0.2) is 0 Å². The third kappa shape index (κ3) is 39.6. The van der Waals surface area contributed by atoms with E-state index in [1.165, 1.54) is 0 Å². The third-order valence-corrected chi connectivity index (χ3v) is 0. The molecular weight excluding hydrogens is 235 g/mol. The van der Waals surface area contributed by atoms with Gasteiger partial charge in [-0.05, 0) is 0 Å². The molecule has 1 radical (unpaired) electrons. The first-order valence-corrected chi connectivity index (χ1v) is 3.56. The van der Waals surface area contributed by atoms with Gasteiger partial charge in [0.2, 0.25) is 0 Å². The van der Waals surface area contributed by atoms with Gasteiger partial charge in [0.05, 0.1) is 0 Å². The van der Waals surface area contributed by atoms with E-state index in [4.69, 9.17) is 0 Å². The zero-order valence-electron chi connectivity index (χ0n) is 3.04. The minimum absolute atomic E-state index is 0. The van der Waals surface area contributed by atoms with Crippen LogP contribution in [0.4, 0.5) is 0 Å². The molecule has 0 bridgehead atoms. The average Bonchev–Trinajstić information content (AvgIpc) is 0.918. The summed E-state index contributed by atoms with van der Waals surface area (Å²) in [6, 6.07) is 0. The van der Waals surface area contributed by atoms with Gasteiger partial charge in [0.25, 0.3) is 0 Å². The van der Waals surface area contributed by atoms with Crippen LogP contribution >= 0.6 is 8.01 Å². The van der Waals surface area contributed by atoms with Crippen molar-refractivity contribution in [2.45, 2.75) is 5.89 Å². The maximum atomic E-state index is 2.52. The molecule has 1 atom stereocenters. The molecule has 0 amide bonds. The Hall–Kier alpha value is 1.88. The Balaban J connectivity index is -0.00000000667. The van der Waals surface area contributed by atoms with Crippen LogP contribution in [0.1, 0.15) is 0 Å². The van der Waals surface area contributed by atoms with Crippen molar-refractivity contribution in [3.63, 3.8) is 0 Å². The standard InChI is InChI=1S/CH3.Co.2Ni.H2O.H2P/h1H3;;;;2*1H2/q;;;+1;;-1. The summed E-state index contributed by atoms with van der Waals surface area (Å²) in [6.07, 6.45) is 0. The Morgan fingerprint density at radius 2 is 1.50 bits per heavy atom. The molecule has 5 heteroatoms. The Morgan fingerprint density at radius 3 is 1.50 bits per heavy atom. The molecule has 0 aliphatic carbocycles. The first-order chi connectivity index (χ1) is 1.41. The molecule has 0 saturated carbocycles. The minimum atomic E-state index is 0. The topological polar surface area (TPSA) is 31.5 Å². The predicted molar refractivity (Wildman–Crippen MR) is 19.2 cm³/mol. The monoisotopic (exact) mass is 241 g/mol. The van der Waals surface area contributed by atoms with Crippen LogP contribution in [0.25, 0.3) is 0 Å². The van der Waals surface area contributed by atoms with Gasteiger partial charge in [0.1, 0.15) is 0 Å².